The van der Waals surface area contributed by atoms with E-state index in [-0.39, 0.29) is 11.8 Å². The van der Waals surface area contributed by atoms with Crippen molar-refractivity contribution in [2.24, 2.45) is 5.92 Å². The third-order valence-electron chi connectivity index (χ3n) is 3.84. The Morgan fingerprint density at radius 3 is 2.88 bits per heavy atom. The first kappa shape index (κ1) is 13.2. The molecule has 2 aliphatic rings. The summed E-state index contributed by atoms with van der Waals surface area (Å²) in [5, 5.41) is 7.20. The van der Waals surface area contributed by atoms with Gasteiger partial charge in [0.05, 0.1) is 5.92 Å². The summed E-state index contributed by atoms with van der Waals surface area (Å²) < 4.78 is 0. The van der Waals surface area contributed by atoms with Crippen molar-refractivity contribution in [2.75, 3.05) is 18.8 Å². The SMILES string of the molecule is CCSC1CCCCC1NC(=O)C1CCNC1. The molecule has 17 heavy (non-hydrogen) atoms. The molecule has 0 aromatic rings. The van der Waals surface area contributed by atoms with E-state index in [2.05, 4.69) is 17.6 Å². The lowest BCUT2D eigenvalue weighted by Gasteiger charge is -2.32. The Bertz CT molecular complexity index is 252. The molecule has 3 nitrogen and oxygen atoms in total. The minimum atomic E-state index is 0.212. The highest BCUT2D eigenvalue weighted by Gasteiger charge is 2.29. The van der Waals surface area contributed by atoms with Crippen LogP contribution in [0, 0.1) is 5.92 Å². The van der Waals surface area contributed by atoms with Gasteiger partial charge in [0.25, 0.3) is 0 Å². The molecule has 0 aromatic carbocycles. The smallest absolute Gasteiger partial charge is 0.224 e. The zero-order valence-electron chi connectivity index (χ0n) is 10.7. The lowest BCUT2D eigenvalue weighted by molar-refractivity contribution is -0.125. The highest BCUT2D eigenvalue weighted by Crippen LogP contribution is 2.29. The monoisotopic (exact) mass is 256 g/mol. The van der Waals surface area contributed by atoms with Crippen molar-refractivity contribution in [3.05, 3.63) is 0 Å². The van der Waals surface area contributed by atoms with E-state index in [1.807, 2.05) is 11.8 Å². The zero-order valence-corrected chi connectivity index (χ0v) is 11.5. The van der Waals surface area contributed by atoms with Crippen molar-refractivity contribution < 1.29 is 4.79 Å². The Morgan fingerprint density at radius 1 is 1.35 bits per heavy atom. The highest BCUT2D eigenvalue weighted by molar-refractivity contribution is 7.99. The van der Waals surface area contributed by atoms with Gasteiger partial charge in [-0.2, -0.15) is 11.8 Å². The van der Waals surface area contributed by atoms with Crippen LogP contribution in [0.2, 0.25) is 0 Å². The maximum Gasteiger partial charge on any atom is 0.224 e. The molecule has 98 valence electrons. The van der Waals surface area contributed by atoms with Crippen LogP contribution in [0.1, 0.15) is 39.0 Å². The lowest BCUT2D eigenvalue weighted by Crippen LogP contribution is -2.46. The molecular formula is C13H24N2OS. The maximum atomic E-state index is 12.1. The molecule has 0 spiro atoms. The van der Waals surface area contributed by atoms with E-state index >= 15 is 0 Å². The van der Waals surface area contributed by atoms with E-state index in [9.17, 15) is 4.79 Å². The summed E-state index contributed by atoms with van der Waals surface area (Å²) in [5.74, 6) is 1.65. The molecule has 0 radical (unpaired) electrons. The lowest BCUT2D eigenvalue weighted by atomic mass is 9.94. The molecule has 1 heterocycles. The first-order valence-electron chi connectivity index (χ1n) is 6.94. The molecule has 3 unspecified atom stereocenters. The van der Waals surface area contributed by atoms with Crippen molar-refractivity contribution >= 4 is 17.7 Å². The normalized spacial score (nSPS) is 33.6. The molecular weight excluding hydrogens is 232 g/mol. The van der Waals surface area contributed by atoms with Crippen LogP contribution in [0.3, 0.4) is 0 Å². The Hall–Kier alpha value is -0.220. The van der Waals surface area contributed by atoms with Crippen LogP contribution in [0.4, 0.5) is 0 Å². The second-order valence-electron chi connectivity index (χ2n) is 5.08. The van der Waals surface area contributed by atoms with Crippen molar-refractivity contribution in [2.45, 2.75) is 50.3 Å². The molecule has 1 amide bonds. The Labute approximate surface area is 108 Å². The van der Waals surface area contributed by atoms with Gasteiger partial charge in [-0.25, -0.2) is 0 Å². The molecule has 1 aliphatic heterocycles. The third-order valence-corrected chi connectivity index (χ3v) is 5.17. The summed E-state index contributed by atoms with van der Waals surface area (Å²) in [5.41, 5.74) is 0. The van der Waals surface area contributed by atoms with Crippen LogP contribution in [0.25, 0.3) is 0 Å². The largest absolute Gasteiger partial charge is 0.352 e. The molecule has 0 bridgehead atoms. The number of hydrogen-bond donors (Lipinski definition) is 2. The Balaban J connectivity index is 1.84. The van der Waals surface area contributed by atoms with Crippen LogP contribution in [-0.2, 0) is 4.79 Å². The quantitative estimate of drug-likeness (QED) is 0.805. The molecule has 4 heteroatoms. The summed E-state index contributed by atoms with van der Waals surface area (Å²) in [6.45, 7) is 4.07. The van der Waals surface area contributed by atoms with Crippen molar-refractivity contribution in [3.63, 3.8) is 0 Å². The Kier molecular flexibility index (Phi) is 5.16. The summed E-state index contributed by atoms with van der Waals surface area (Å²) in [7, 11) is 0. The molecule has 1 aliphatic carbocycles. The van der Waals surface area contributed by atoms with Crippen LogP contribution >= 0.6 is 11.8 Å². The summed E-state index contributed by atoms with van der Waals surface area (Å²) >= 11 is 2.01. The van der Waals surface area contributed by atoms with Crippen LogP contribution in [-0.4, -0.2) is 36.0 Å². The summed E-state index contributed by atoms with van der Waals surface area (Å²) in [6, 6.07) is 0.418. The average Bonchev–Trinajstić information content (AvgIpc) is 2.85. The van der Waals surface area contributed by atoms with E-state index in [0.717, 1.165) is 25.3 Å². The van der Waals surface area contributed by atoms with Gasteiger partial charge in [-0.1, -0.05) is 19.8 Å². The predicted molar refractivity (Wildman–Crippen MR) is 73.3 cm³/mol. The van der Waals surface area contributed by atoms with Gasteiger partial charge in [-0.15, -0.1) is 0 Å². The topological polar surface area (TPSA) is 41.1 Å². The molecule has 0 aromatic heterocycles. The van der Waals surface area contributed by atoms with Crippen molar-refractivity contribution in [1.82, 2.24) is 10.6 Å². The number of rotatable bonds is 4. The molecule has 2 fully saturated rings. The van der Waals surface area contributed by atoms with Gasteiger partial charge in [0.2, 0.25) is 5.91 Å². The fourth-order valence-electron chi connectivity index (χ4n) is 2.85. The Morgan fingerprint density at radius 2 is 2.18 bits per heavy atom. The molecule has 2 rings (SSSR count). The fourth-order valence-corrected chi connectivity index (χ4v) is 4.05. The maximum absolute atomic E-state index is 12.1. The molecule has 2 N–H and O–H groups in total. The minimum Gasteiger partial charge on any atom is -0.352 e. The highest BCUT2D eigenvalue weighted by atomic mass is 32.2. The van der Waals surface area contributed by atoms with Gasteiger partial charge >= 0.3 is 0 Å². The van der Waals surface area contributed by atoms with Crippen LogP contribution in [0.5, 0.6) is 0 Å². The number of carbonyl (C=O) groups excluding carboxylic acids is 1. The van der Waals surface area contributed by atoms with E-state index in [4.69, 9.17) is 0 Å². The summed E-state index contributed by atoms with van der Waals surface area (Å²) in [6.07, 6.45) is 6.05. The standard InChI is InChI=1S/C13H24N2OS/c1-2-17-12-6-4-3-5-11(12)15-13(16)10-7-8-14-9-10/h10-12,14H,2-9H2,1H3,(H,15,16). The van der Waals surface area contributed by atoms with Gasteiger partial charge < -0.3 is 10.6 Å². The van der Waals surface area contributed by atoms with E-state index < -0.39 is 0 Å². The van der Waals surface area contributed by atoms with Gasteiger partial charge in [0.15, 0.2) is 0 Å². The van der Waals surface area contributed by atoms with Gasteiger partial charge in [-0.3, -0.25) is 4.79 Å². The first-order valence-corrected chi connectivity index (χ1v) is 7.99. The van der Waals surface area contributed by atoms with E-state index in [0.29, 0.717) is 11.3 Å². The molecule has 3 atom stereocenters. The molecule has 1 saturated heterocycles. The number of thioether (sulfide) groups is 1. The number of nitrogens with one attached hydrogen (secondary N) is 2. The van der Waals surface area contributed by atoms with Crippen molar-refractivity contribution in [3.8, 4) is 0 Å². The van der Waals surface area contributed by atoms with Gasteiger partial charge in [0.1, 0.15) is 0 Å². The number of hydrogen-bond acceptors (Lipinski definition) is 3. The molecule has 1 saturated carbocycles. The van der Waals surface area contributed by atoms with Gasteiger partial charge in [0, 0.05) is 17.8 Å². The number of amides is 1. The zero-order chi connectivity index (χ0) is 12.1. The van der Waals surface area contributed by atoms with E-state index in [1.165, 1.54) is 25.7 Å². The van der Waals surface area contributed by atoms with E-state index in [1.54, 1.807) is 0 Å². The fraction of sp³-hybridized carbons (Fsp3) is 0.923. The second-order valence-corrected chi connectivity index (χ2v) is 6.60. The second kappa shape index (κ2) is 6.64. The van der Waals surface area contributed by atoms with Gasteiger partial charge in [-0.05, 0) is 31.6 Å². The van der Waals surface area contributed by atoms with Crippen molar-refractivity contribution in [1.29, 1.82) is 0 Å². The van der Waals surface area contributed by atoms with Crippen LogP contribution in [0.15, 0.2) is 0 Å². The minimum absolute atomic E-state index is 0.212. The third kappa shape index (κ3) is 3.62. The predicted octanol–water partition coefficient (Wildman–Crippen LogP) is 1.78. The first-order chi connectivity index (χ1) is 8.31. The van der Waals surface area contributed by atoms with Crippen LogP contribution < -0.4 is 10.6 Å². The average molecular weight is 256 g/mol. The summed E-state index contributed by atoms with van der Waals surface area (Å²) in [4.78, 5) is 12.1. The number of carbonyl (C=O) groups is 1.